The second-order valence-electron chi connectivity index (χ2n) is 8.45. The number of aromatic hydroxyl groups is 1. The summed E-state index contributed by atoms with van der Waals surface area (Å²) in [6.07, 6.45) is 14.9. The fraction of sp³-hybridized carbons (Fsp3) is 0.538. The van der Waals surface area contributed by atoms with E-state index in [2.05, 4.69) is 6.92 Å². The van der Waals surface area contributed by atoms with Crippen molar-refractivity contribution in [3.63, 3.8) is 0 Å². The Labute approximate surface area is 193 Å². The number of hydrogen-bond donors (Lipinski definition) is 2. The highest BCUT2D eigenvalue weighted by Gasteiger charge is 2.21. The van der Waals surface area contributed by atoms with Crippen LogP contribution >= 0.6 is 0 Å². The Kier molecular flexibility index (Phi) is 11.6. The van der Waals surface area contributed by atoms with Gasteiger partial charge in [-0.15, -0.1) is 0 Å². The molecule has 0 amide bonds. The van der Waals surface area contributed by atoms with Gasteiger partial charge >= 0.3 is 0 Å². The third-order valence-electron chi connectivity index (χ3n) is 5.70. The second-order valence-corrected chi connectivity index (χ2v) is 9.84. The van der Waals surface area contributed by atoms with Crippen LogP contribution in [0, 0.1) is 0 Å². The van der Waals surface area contributed by atoms with E-state index in [4.69, 9.17) is 4.74 Å². The van der Waals surface area contributed by atoms with Gasteiger partial charge in [0.2, 0.25) is 0 Å². The highest BCUT2D eigenvalue weighted by Crippen LogP contribution is 2.34. The standard InChI is InChI=1S/C26H38O5S/c1-2-3-4-5-6-7-8-9-10-11-12-16-19-24-25(27)20-23(21-26(24)32(28,29)30)31-22-17-14-13-15-18-22/h13-15,17-18,20-21,27H,2-12,16,19H2,1H3,(H,28,29,30). The summed E-state index contributed by atoms with van der Waals surface area (Å²) in [6, 6.07) is 11.6. The zero-order valence-corrected chi connectivity index (χ0v) is 20.1. The second kappa shape index (κ2) is 14.2. The summed E-state index contributed by atoms with van der Waals surface area (Å²) in [5, 5.41) is 10.4. The molecule has 0 aliphatic heterocycles. The number of benzene rings is 2. The van der Waals surface area contributed by atoms with E-state index in [0.717, 1.165) is 19.3 Å². The zero-order chi connectivity index (χ0) is 23.2. The summed E-state index contributed by atoms with van der Waals surface area (Å²) >= 11 is 0. The first-order chi connectivity index (χ1) is 15.4. The minimum absolute atomic E-state index is 0.166. The number of phenolic OH excluding ortho intramolecular Hbond substituents is 1. The van der Waals surface area contributed by atoms with E-state index in [-0.39, 0.29) is 22.0 Å². The molecule has 0 saturated carbocycles. The average Bonchev–Trinajstić information content (AvgIpc) is 2.75. The number of rotatable bonds is 16. The molecule has 32 heavy (non-hydrogen) atoms. The monoisotopic (exact) mass is 462 g/mol. The summed E-state index contributed by atoms with van der Waals surface area (Å²) < 4.78 is 39.1. The normalized spacial score (nSPS) is 11.6. The molecule has 0 aliphatic carbocycles. The molecular weight excluding hydrogens is 424 g/mol. The molecule has 178 valence electrons. The first-order valence-corrected chi connectivity index (χ1v) is 13.4. The fourth-order valence-corrected chi connectivity index (χ4v) is 4.70. The topological polar surface area (TPSA) is 83.8 Å². The van der Waals surface area contributed by atoms with Crippen molar-refractivity contribution in [3.8, 4) is 17.2 Å². The summed E-state index contributed by atoms with van der Waals surface area (Å²) in [5.74, 6) is 0.510. The van der Waals surface area contributed by atoms with Gasteiger partial charge in [0.15, 0.2) is 0 Å². The van der Waals surface area contributed by atoms with E-state index in [9.17, 15) is 18.1 Å². The van der Waals surface area contributed by atoms with Gasteiger partial charge < -0.3 is 9.84 Å². The average molecular weight is 463 g/mol. The van der Waals surface area contributed by atoms with Gasteiger partial charge in [0.25, 0.3) is 10.1 Å². The number of hydrogen-bond acceptors (Lipinski definition) is 4. The molecule has 2 rings (SSSR count). The van der Waals surface area contributed by atoms with Crippen LogP contribution in [0.15, 0.2) is 47.4 Å². The van der Waals surface area contributed by atoms with E-state index < -0.39 is 10.1 Å². The molecule has 0 aliphatic rings. The third-order valence-corrected chi connectivity index (χ3v) is 6.62. The van der Waals surface area contributed by atoms with E-state index in [1.165, 1.54) is 69.9 Å². The molecule has 2 aromatic carbocycles. The Hall–Kier alpha value is -2.05. The van der Waals surface area contributed by atoms with E-state index >= 15 is 0 Å². The Morgan fingerprint density at radius 3 is 1.81 bits per heavy atom. The maximum atomic E-state index is 11.9. The number of phenols is 1. The Balaban J connectivity index is 1.80. The number of para-hydroxylation sites is 1. The van der Waals surface area contributed by atoms with Crippen molar-refractivity contribution >= 4 is 10.1 Å². The molecule has 6 heteroatoms. The van der Waals surface area contributed by atoms with Gasteiger partial charge in [0.1, 0.15) is 22.1 Å². The van der Waals surface area contributed by atoms with Crippen molar-refractivity contribution in [1.82, 2.24) is 0 Å². The highest BCUT2D eigenvalue weighted by molar-refractivity contribution is 7.85. The molecule has 2 aromatic rings. The SMILES string of the molecule is CCCCCCCCCCCCCCc1c(O)cc(Oc2ccccc2)cc1S(=O)(=O)O. The maximum Gasteiger partial charge on any atom is 0.295 e. The van der Waals surface area contributed by atoms with Crippen LogP contribution in [0.25, 0.3) is 0 Å². The molecule has 0 bridgehead atoms. The van der Waals surface area contributed by atoms with Crippen LogP contribution in [0.3, 0.4) is 0 Å². The lowest BCUT2D eigenvalue weighted by Gasteiger charge is -2.13. The number of unbranched alkanes of at least 4 members (excludes halogenated alkanes) is 11. The lowest BCUT2D eigenvalue weighted by atomic mass is 10.0. The van der Waals surface area contributed by atoms with Crippen molar-refractivity contribution in [3.05, 3.63) is 48.0 Å². The Morgan fingerprint density at radius 2 is 1.28 bits per heavy atom. The lowest BCUT2D eigenvalue weighted by molar-refractivity contribution is 0.438. The first-order valence-electron chi connectivity index (χ1n) is 12.0. The highest BCUT2D eigenvalue weighted by atomic mass is 32.2. The van der Waals surface area contributed by atoms with Crippen molar-refractivity contribution in [2.75, 3.05) is 0 Å². The molecule has 0 spiro atoms. The summed E-state index contributed by atoms with van der Waals surface area (Å²) in [6.45, 7) is 2.24. The van der Waals surface area contributed by atoms with Gasteiger partial charge in [-0.25, -0.2) is 0 Å². The molecule has 0 atom stereocenters. The van der Waals surface area contributed by atoms with Gasteiger partial charge in [-0.3, -0.25) is 4.55 Å². The largest absolute Gasteiger partial charge is 0.507 e. The summed E-state index contributed by atoms with van der Waals surface area (Å²) in [4.78, 5) is -0.286. The van der Waals surface area contributed by atoms with Gasteiger partial charge in [-0.1, -0.05) is 95.8 Å². The van der Waals surface area contributed by atoms with Crippen LogP contribution in [0.5, 0.6) is 17.2 Å². The Morgan fingerprint density at radius 1 is 0.750 bits per heavy atom. The van der Waals surface area contributed by atoms with E-state index in [0.29, 0.717) is 12.2 Å². The molecule has 0 radical (unpaired) electrons. The van der Waals surface area contributed by atoms with Crippen LogP contribution in [0.1, 0.15) is 89.5 Å². The predicted octanol–water partition coefficient (Wildman–Crippen LogP) is 7.67. The summed E-state index contributed by atoms with van der Waals surface area (Å²) in [5.41, 5.74) is 0.250. The van der Waals surface area contributed by atoms with Crippen LogP contribution in [0.4, 0.5) is 0 Å². The quantitative estimate of drug-likeness (QED) is 0.197. The van der Waals surface area contributed by atoms with Crippen LogP contribution in [-0.4, -0.2) is 18.1 Å². The van der Waals surface area contributed by atoms with E-state index in [1.54, 1.807) is 24.3 Å². The van der Waals surface area contributed by atoms with Crippen LogP contribution in [0.2, 0.25) is 0 Å². The zero-order valence-electron chi connectivity index (χ0n) is 19.3. The molecule has 5 nitrogen and oxygen atoms in total. The van der Waals surface area contributed by atoms with Gasteiger partial charge in [-0.05, 0) is 25.0 Å². The minimum Gasteiger partial charge on any atom is -0.507 e. The van der Waals surface area contributed by atoms with Crippen molar-refractivity contribution < 1.29 is 22.8 Å². The third kappa shape index (κ3) is 9.61. The lowest BCUT2D eigenvalue weighted by Crippen LogP contribution is -2.04. The van der Waals surface area contributed by atoms with E-state index in [1.807, 2.05) is 6.07 Å². The molecule has 0 unspecified atom stereocenters. The Bertz CT molecular complexity index is 894. The van der Waals surface area contributed by atoms with Crippen molar-refractivity contribution in [1.29, 1.82) is 0 Å². The van der Waals surface area contributed by atoms with Gasteiger partial charge in [0, 0.05) is 17.7 Å². The van der Waals surface area contributed by atoms with Crippen LogP contribution in [-0.2, 0) is 16.5 Å². The smallest absolute Gasteiger partial charge is 0.295 e. The first kappa shape index (κ1) is 26.2. The fourth-order valence-electron chi connectivity index (χ4n) is 3.91. The molecule has 2 N–H and O–H groups in total. The molecule has 0 fully saturated rings. The van der Waals surface area contributed by atoms with Gasteiger partial charge in [-0.2, -0.15) is 8.42 Å². The summed E-state index contributed by atoms with van der Waals surface area (Å²) in [7, 11) is -4.48. The molecule has 0 heterocycles. The van der Waals surface area contributed by atoms with Gasteiger partial charge in [0.05, 0.1) is 0 Å². The molecular formula is C26H38O5S. The number of ether oxygens (including phenoxy) is 1. The molecule has 0 saturated heterocycles. The molecule has 0 aromatic heterocycles. The minimum atomic E-state index is -4.48. The van der Waals surface area contributed by atoms with Crippen LogP contribution < -0.4 is 4.74 Å². The van der Waals surface area contributed by atoms with Crippen molar-refractivity contribution in [2.45, 2.75) is 95.3 Å². The predicted molar refractivity (Wildman–Crippen MR) is 129 cm³/mol. The van der Waals surface area contributed by atoms with Crippen molar-refractivity contribution in [2.24, 2.45) is 0 Å². The maximum absolute atomic E-state index is 11.9.